The van der Waals surface area contributed by atoms with E-state index in [4.69, 9.17) is 20.8 Å². The van der Waals surface area contributed by atoms with Crippen LogP contribution in [0, 0.1) is 11.7 Å². The molecule has 1 aromatic heterocycles. The van der Waals surface area contributed by atoms with Crippen LogP contribution < -0.4 is 5.63 Å². The molecule has 1 fully saturated rings. The van der Waals surface area contributed by atoms with Gasteiger partial charge in [-0.25, -0.2) is 9.18 Å². The number of fused-ring (bicyclic) bond motifs is 1. The second kappa shape index (κ2) is 9.77. The van der Waals surface area contributed by atoms with Gasteiger partial charge in [-0.15, -0.1) is 0 Å². The third kappa shape index (κ3) is 4.59. The zero-order chi connectivity index (χ0) is 24.4. The molecule has 1 unspecified atom stereocenters. The fourth-order valence-electron chi connectivity index (χ4n) is 4.28. The number of carbonyl (C=O) groups is 3. The fraction of sp³-hybridized carbons (Fsp3) is 0.280. The van der Waals surface area contributed by atoms with Gasteiger partial charge in [0.05, 0.1) is 18.1 Å². The van der Waals surface area contributed by atoms with Gasteiger partial charge >= 0.3 is 11.6 Å². The van der Waals surface area contributed by atoms with Gasteiger partial charge < -0.3 is 18.8 Å². The number of aldehydes is 1. The van der Waals surface area contributed by atoms with Gasteiger partial charge in [-0.1, -0.05) is 23.7 Å². The Morgan fingerprint density at radius 3 is 2.53 bits per heavy atom. The highest BCUT2D eigenvalue weighted by Crippen LogP contribution is 2.34. The highest BCUT2D eigenvalue weighted by Gasteiger charge is 2.32. The number of hydrogen-bond donors (Lipinski definition) is 0. The Balaban J connectivity index is 1.65. The van der Waals surface area contributed by atoms with Crippen molar-refractivity contribution in [3.8, 4) is 11.1 Å². The molecule has 0 N–H and O–H groups in total. The predicted octanol–water partition coefficient (Wildman–Crippen LogP) is 3.95. The number of carbonyl (C=O) groups excluding carboxylic acids is 3. The fourth-order valence-corrected chi connectivity index (χ4v) is 4.55. The minimum Gasteiger partial charge on any atom is -0.469 e. The summed E-state index contributed by atoms with van der Waals surface area (Å²) >= 11 is 6.19. The second-order valence-electron chi connectivity index (χ2n) is 8.10. The van der Waals surface area contributed by atoms with E-state index >= 15 is 0 Å². The molecule has 9 heteroatoms. The Morgan fingerprint density at radius 2 is 1.88 bits per heavy atom. The maximum absolute atomic E-state index is 13.5. The lowest BCUT2D eigenvalue weighted by Gasteiger charge is -2.32. The maximum Gasteiger partial charge on any atom is 0.336 e. The second-order valence-corrected chi connectivity index (χ2v) is 8.50. The lowest BCUT2D eigenvalue weighted by atomic mass is 9.93. The Morgan fingerprint density at radius 1 is 1.15 bits per heavy atom. The van der Waals surface area contributed by atoms with Crippen LogP contribution in [0.4, 0.5) is 4.39 Å². The van der Waals surface area contributed by atoms with E-state index in [0.29, 0.717) is 54.3 Å². The summed E-state index contributed by atoms with van der Waals surface area (Å²) in [4.78, 5) is 50.5. The van der Waals surface area contributed by atoms with Crippen molar-refractivity contribution in [2.24, 2.45) is 5.92 Å². The minimum atomic E-state index is -1.09. The third-order valence-electron chi connectivity index (χ3n) is 6.09. The summed E-state index contributed by atoms with van der Waals surface area (Å²) in [5.74, 6) is -2.57. The van der Waals surface area contributed by atoms with Crippen LogP contribution in [-0.4, -0.2) is 43.3 Å². The standard InChI is InChI=1S/C25H21ClFNO6/c1-33-25(32)14-6-8-28(9-7-14)24(31)20(13-29)15-2-4-18-19(12-23(30)34-22(18)10-15)17-5-3-16(27)11-21(17)26/h2-5,10-14,20H,6-9H2,1H3. The van der Waals surface area contributed by atoms with Gasteiger partial charge in [0, 0.05) is 35.7 Å². The van der Waals surface area contributed by atoms with Gasteiger partial charge in [0.2, 0.25) is 5.91 Å². The van der Waals surface area contributed by atoms with Crippen LogP contribution in [0.2, 0.25) is 5.02 Å². The number of ether oxygens (including phenoxy) is 1. The Bertz CT molecular complexity index is 1330. The molecule has 176 valence electrons. The first kappa shape index (κ1) is 23.6. The van der Waals surface area contributed by atoms with Crippen molar-refractivity contribution < 1.29 is 27.9 Å². The van der Waals surface area contributed by atoms with E-state index in [0.717, 1.165) is 6.07 Å². The molecule has 4 rings (SSSR count). The summed E-state index contributed by atoms with van der Waals surface area (Å²) in [6.45, 7) is 0.664. The number of benzene rings is 2. The molecule has 0 aliphatic carbocycles. The summed E-state index contributed by atoms with van der Waals surface area (Å²) in [5.41, 5.74) is 0.781. The molecule has 34 heavy (non-hydrogen) atoms. The summed E-state index contributed by atoms with van der Waals surface area (Å²) in [6.07, 6.45) is 1.46. The van der Waals surface area contributed by atoms with Gasteiger partial charge in [-0.05, 0) is 42.7 Å². The van der Waals surface area contributed by atoms with E-state index in [1.54, 1.807) is 17.0 Å². The first-order valence-electron chi connectivity index (χ1n) is 10.7. The number of rotatable bonds is 5. The number of methoxy groups -OCH3 is 1. The molecule has 0 saturated carbocycles. The lowest BCUT2D eigenvalue weighted by Crippen LogP contribution is -2.43. The van der Waals surface area contributed by atoms with Gasteiger partial charge in [0.15, 0.2) is 0 Å². The van der Waals surface area contributed by atoms with Gasteiger partial charge in [0.1, 0.15) is 23.6 Å². The molecule has 1 saturated heterocycles. The Kier molecular flexibility index (Phi) is 6.79. The zero-order valence-electron chi connectivity index (χ0n) is 18.3. The van der Waals surface area contributed by atoms with Crippen LogP contribution >= 0.6 is 11.6 Å². The van der Waals surface area contributed by atoms with E-state index in [2.05, 4.69) is 0 Å². The number of likely N-dealkylation sites (tertiary alicyclic amines) is 1. The van der Waals surface area contributed by atoms with Crippen LogP contribution in [0.15, 0.2) is 51.7 Å². The summed E-state index contributed by atoms with van der Waals surface area (Å²) in [6, 6.07) is 9.84. The number of hydrogen-bond acceptors (Lipinski definition) is 6. The molecular weight excluding hydrogens is 465 g/mol. The predicted molar refractivity (Wildman–Crippen MR) is 123 cm³/mol. The summed E-state index contributed by atoms with van der Waals surface area (Å²) in [7, 11) is 1.33. The average Bonchev–Trinajstić information content (AvgIpc) is 2.83. The quantitative estimate of drug-likeness (QED) is 0.235. The van der Waals surface area contributed by atoms with Crippen LogP contribution in [0.5, 0.6) is 0 Å². The summed E-state index contributed by atoms with van der Waals surface area (Å²) in [5, 5.41) is 0.653. The van der Waals surface area contributed by atoms with Crippen LogP contribution in [0.1, 0.15) is 24.3 Å². The zero-order valence-corrected chi connectivity index (χ0v) is 19.0. The smallest absolute Gasteiger partial charge is 0.336 e. The Hall–Kier alpha value is -3.52. The van der Waals surface area contributed by atoms with E-state index in [9.17, 15) is 23.6 Å². The molecule has 2 aromatic carbocycles. The molecule has 7 nitrogen and oxygen atoms in total. The van der Waals surface area contributed by atoms with Crippen LogP contribution in [-0.2, 0) is 19.1 Å². The minimum absolute atomic E-state index is 0.132. The van der Waals surface area contributed by atoms with E-state index in [1.165, 1.54) is 31.4 Å². The van der Waals surface area contributed by atoms with Gasteiger partial charge in [-0.3, -0.25) is 9.59 Å². The van der Waals surface area contributed by atoms with Gasteiger partial charge in [0.25, 0.3) is 0 Å². The van der Waals surface area contributed by atoms with Crippen molar-refractivity contribution in [2.45, 2.75) is 18.8 Å². The van der Waals surface area contributed by atoms with Crippen LogP contribution in [0.3, 0.4) is 0 Å². The molecule has 1 amide bonds. The molecule has 1 aliphatic heterocycles. The molecular formula is C25H21ClFNO6. The van der Waals surface area contributed by atoms with E-state index < -0.39 is 23.3 Å². The number of halogens is 2. The molecule has 1 aliphatic rings. The molecule has 1 atom stereocenters. The third-order valence-corrected chi connectivity index (χ3v) is 6.40. The average molecular weight is 486 g/mol. The summed E-state index contributed by atoms with van der Waals surface area (Å²) < 4.78 is 23.6. The van der Waals surface area contributed by atoms with Crippen molar-refractivity contribution >= 4 is 40.7 Å². The monoisotopic (exact) mass is 485 g/mol. The van der Waals surface area contributed by atoms with Crippen molar-refractivity contribution in [3.05, 3.63) is 69.3 Å². The van der Waals surface area contributed by atoms with Crippen molar-refractivity contribution in [1.82, 2.24) is 4.90 Å². The van der Waals surface area contributed by atoms with Gasteiger partial charge in [-0.2, -0.15) is 0 Å². The molecule has 0 bridgehead atoms. The van der Waals surface area contributed by atoms with E-state index in [-0.39, 0.29) is 22.5 Å². The molecule has 0 radical (unpaired) electrons. The number of esters is 1. The topological polar surface area (TPSA) is 93.9 Å². The largest absolute Gasteiger partial charge is 0.469 e. The van der Waals surface area contributed by atoms with Crippen molar-refractivity contribution in [2.75, 3.05) is 20.2 Å². The highest BCUT2D eigenvalue weighted by atomic mass is 35.5. The number of piperidine rings is 1. The number of amides is 1. The molecule has 3 aromatic rings. The first-order chi connectivity index (χ1) is 16.3. The first-order valence-corrected chi connectivity index (χ1v) is 11.0. The number of nitrogens with zero attached hydrogens (tertiary/aromatic N) is 1. The van der Waals surface area contributed by atoms with Crippen LogP contribution in [0.25, 0.3) is 22.1 Å². The normalized spacial score (nSPS) is 15.2. The Labute approximate surface area is 199 Å². The lowest BCUT2D eigenvalue weighted by molar-refractivity contribution is -0.149. The van der Waals surface area contributed by atoms with Crippen molar-refractivity contribution in [3.63, 3.8) is 0 Å². The van der Waals surface area contributed by atoms with E-state index in [1.807, 2.05) is 0 Å². The molecule has 0 spiro atoms. The SMILES string of the molecule is COC(=O)C1CCN(C(=O)C(C=O)c2ccc3c(-c4ccc(F)cc4Cl)cc(=O)oc3c2)CC1. The molecule has 2 heterocycles. The maximum atomic E-state index is 13.5. The van der Waals surface area contributed by atoms with Crippen molar-refractivity contribution in [1.29, 1.82) is 0 Å². The highest BCUT2D eigenvalue weighted by molar-refractivity contribution is 6.33.